The van der Waals surface area contributed by atoms with Crippen molar-refractivity contribution in [2.24, 2.45) is 0 Å². The Morgan fingerprint density at radius 2 is 1.73 bits per heavy atom. The van der Waals surface area contributed by atoms with Gasteiger partial charge >= 0.3 is 0 Å². The number of hydrogen-bond donors (Lipinski definition) is 2. The van der Waals surface area contributed by atoms with Crippen molar-refractivity contribution in [2.75, 3.05) is 12.4 Å². The van der Waals surface area contributed by atoms with E-state index in [-0.39, 0.29) is 18.2 Å². The number of carbonyl (C=O) groups is 2. The Labute approximate surface area is 176 Å². The fraction of sp³-hybridized carbons (Fsp3) is 0.261. The molecule has 2 amide bonds. The van der Waals surface area contributed by atoms with Gasteiger partial charge in [-0.1, -0.05) is 30.3 Å². The summed E-state index contributed by atoms with van der Waals surface area (Å²) in [7, 11) is 1.59. The maximum absolute atomic E-state index is 12.8. The molecule has 1 unspecified atom stereocenters. The molecule has 0 saturated carbocycles. The summed E-state index contributed by atoms with van der Waals surface area (Å²) in [5, 5.41) is 10.4. The van der Waals surface area contributed by atoms with E-state index in [1.54, 1.807) is 23.9 Å². The van der Waals surface area contributed by atoms with E-state index >= 15 is 0 Å². The zero-order chi connectivity index (χ0) is 21.7. The highest BCUT2D eigenvalue weighted by Crippen LogP contribution is 2.25. The first kappa shape index (κ1) is 21.1. The molecular weight excluding hydrogens is 380 g/mol. The first-order chi connectivity index (χ1) is 14.4. The lowest BCUT2D eigenvalue weighted by molar-refractivity contribution is -0.120. The highest BCUT2D eigenvalue weighted by molar-refractivity contribution is 5.92. The van der Waals surface area contributed by atoms with Crippen LogP contribution in [0.4, 0.5) is 5.69 Å². The molecule has 0 fully saturated rings. The van der Waals surface area contributed by atoms with E-state index < -0.39 is 6.04 Å². The summed E-state index contributed by atoms with van der Waals surface area (Å²) in [4.78, 5) is 24.5. The fourth-order valence-electron chi connectivity index (χ4n) is 3.35. The largest absolute Gasteiger partial charge is 0.497 e. The average molecular weight is 406 g/mol. The molecule has 0 aliphatic rings. The zero-order valence-corrected chi connectivity index (χ0v) is 17.6. The van der Waals surface area contributed by atoms with Crippen molar-refractivity contribution in [1.29, 1.82) is 0 Å². The van der Waals surface area contributed by atoms with Crippen molar-refractivity contribution < 1.29 is 14.3 Å². The molecule has 7 nitrogen and oxygen atoms in total. The van der Waals surface area contributed by atoms with Gasteiger partial charge in [-0.05, 0) is 43.7 Å². The smallest absolute Gasteiger partial charge is 0.226 e. The number of rotatable bonds is 7. The van der Waals surface area contributed by atoms with Gasteiger partial charge in [0.2, 0.25) is 11.8 Å². The van der Waals surface area contributed by atoms with Crippen molar-refractivity contribution in [3.8, 4) is 11.4 Å². The van der Waals surface area contributed by atoms with Gasteiger partial charge in [-0.3, -0.25) is 9.59 Å². The number of aryl methyl sites for hydroxylation is 1. The predicted molar refractivity (Wildman–Crippen MR) is 116 cm³/mol. The Morgan fingerprint density at radius 3 is 2.33 bits per heavy atom. The molecule has 3 aromatic rings. The van der Waals surface area contributed by atoms with E-state index in [2.05, 4.69) is 15.7 Å². The average Bonchev–Trinajstić information content (AvgIpc) is 3.02. The van der Waals surface area contributed by atoms with Crippen molar-refractivity contribution in [3.63, 3.8) is 0 Å². The summed E-state index contributed by atoms with van der Waals surface area (Å²) in [5.41, 5.74) is 4.00. The normalized spacial score (nSPS) is 11.6. The maximum atomic E-state index is 12.8. The van der Waals surface area contributed by atoms with Crippen molar-refractivity contribution in [3.05, 3.63) is 71.5 Å². The summed E-state index contributed by atoms with van der Waals surface area (Å²) < 4.78 is 6.98. The molecule has 0 spiro atoms. The summed E-state index contributed by atoms with van der Waals surface area (Å²) in [6, 6.07) is 16.6. The van der Waals surface area contributed by atoms with Crippen LogP contribution in [0.5, 0.6) is 5.75 Å². The third-order valence-corrected chi connectivity index (χ3v) is 4.84. The van der Waals surface area contributed by atoms with Crippen molar-refractivity contribution in [2.45, 2.75) is 33.2 Å². The first-order valence-electron chi connectivity index (χ1n) is 9.71. The Morgan fingerprint density at radius 1 is 1.07 bits per heavy atom. The van der Waals surface area contributed by atoms with Gasteiger partial charge in [0.25, 0.3) is 0 Å². The summed E-state index contributed by atoms with van der Waals surface area (Å²) in [5.74, 6) is 0.306. The molecule has 0 saturated heterocycles. The number of ether oxygens (including phenoxy) is 1. The van der Waals surface area contributed by atoms with Crippen LogP contribution in [0.2, 0.25) is 0 Å². The Hall–Kier alpha value is -3.61. The minimum absolute atomic E-state index is 0.0985. The lowest BCUT2D eigenvalue weighted by Crippen LogP contribution is -2.29. The second-order valence-corrected chi connectivity index (χ2v) is 7.07. The van der Waals surface area contributed by atoms with Gasteiger partial charge in [0.1, 0.15) is 5.75 Å². The van der Waals surface area contributed by atoms with Crippen LogP contribution in [0.3, 0.4) is 0 Å². The van der Waals surface area contributed by atoms with Gasteiger partial charge in [-0.2, -0.15) is 5.10 Å². The van der Waals surface area contributed by atoms with Gasteiger partial charge in [0.05, 0.1) is 42.3 Å². The molecule has 2 aromatic carbocycles. The van der Waals surface area contributed by atoms with Gasteiger partial charge in [-0.25, -0.2) is 4.68 Å². The lowest BCUT2D eigenvalue weighted by Gasteiger charge is -2.18. The van der Waals surface area contributed by atoms with Crippen LogP contribution >= 0.6 is 0 Å². The minimum Gasteiger partial charge on any atom is -0.497 e. The van der Waals surface area contributed by atoms with E-state index in [9.17, 15) is 9.59 Å². The number of nitrogens with one attached hydrogen (secondary N) is 2. The minimum atomic E-state index is -0.446. The molecule has 2 N–H and O–H groups in total. The number of amides is 2. The maximum Gasteiger partial charge on any atom is 0.226 e. The van der Waals surface area contributed by atoms with Crippen LogP contribution < -0.4 is 15.4 Å². The summed E-state index contributed by atoms with van der Waals surface area (Å²) >= 11 is 0. The SMILES string of the molecule is COc1ccc(C(CC(=O)Nc2c(C)nn(-c3ccccc3)c2C)NC(C)=O)cc1. The molecule has 0 bridgehead atoms. The zero-order valence-electron chi connectivity index (χ0n) is 17.6. The number of hydrogen-bond acceptors (Lipinski definition) is 4. The number of aromatic nitrogens is 2. The number of carbonyl (C=O) groups excluding carboxylic acids is 2. The third-order valence-electron chi connectivity index (χ3n) is 4.84. The third kappa shape index (κ3) is 4.86. The van der Waals surface area contributed by atoms with Gasteiger partial charge in [0.15, 0.2) is 0 Å². The number of methoxy groups -OCH3 is 1. The van der Waals surface area contributed by atoms with Gasteiger partial charge in [0, 0.05) is 6.92 Å². The lowest BCUT2D eigenvalue weighted by atomic mass is 10.0. The van der Waals surface area contributed by atoms with Crippen LogP contribution in [0.25, 0.3) is 5.69 Å². The summed E-state index contributed by atoms with van der Waals surface area (Å²) in [6.07, 6.45) is 0.0985. The van der Waals surface area contributed by atoms with E-state index in [4.69, 9.17) is 4.74 Å². The topological polar surface area (TPSA) is 85.2 Å². The molecule has 30 heavy (non-hydrogen) atoms. The number of nitrogens with zero attached hydrogens (tertiary/aromatic N) is 2. The van der Waals surface area contributed by atoms with Gasteiger partial charge < -0.3 is 15.4 Å². The van der Waals surface area contributed by atoms with E-state index in [0.717, 1.165) is 22.6 Å². The van der Waals surface area contributed by atoms with Crippen LogP contribution in [-0.4, -0.2) is 28.7 Å². The monoisotopic (exact) mass is 406 g/mol. The van der Waals surface area contributed by atoms with Crippen molar-refractivity contribution in [1.82, 2.24) is 15.1 Å². The van der Waals surface area contributed by atoms with Crippen LogP contribution in [0.1, 0.15) is 36.3 Å². The number of para-hydroxylation sites is 1. The Bertz CT molecular complexity index is 1030. The molecule has 3 rings (SSSR count). The molecule has 1 atom stereocenters. The first-order valence-corrected chi connectivity index (χ1v) is 9.71. The molecule has 0 aliphatic heterocycles. The van der Waals surface area contributed by atoms with Crippen molar-refractivity contribution >= 4 is 17.5 Å². The van der Waals surface area contributed by atoms with Gasteiger partial charge in [-0.15, -0.1) is 0 Å². The van der Waals surface area contributed by atoms with E-state index in [1.807, 2.05) is 56.3 Å². The quantitative estimate of drug-likeness (QED) is 0.626. The fourth-order valence-corrected chi connectivity index (χ4v) is 3.35. The second-order valence-electron chi connectivity index (χ2n) is 7.07. The Kier molecular flexibility index (Phi) is 6.51. The highest BCUT2D eigenvalue weighted by atomic mass is 16.5. The number of benzene rings is 2. The summed E-state index contributed by atoms with van der Waals surface area (Å²) in [6.45, 7) is 5.21. The molecule has 156 valence electrons. The van der Waals surface area contributed by atoms with Crippen LogP contribution in [-0.2, 0) is 9.59 Å². The molecule has 0 aliphatic carbocycles. The predicted octanol–water partition coefficient (Wildman–Crippen LogP) is 3.70. The molecule has 1 heterocycles. The number of anilines is 1. The Balaban J connectivity index is 1.78. The van der Waals surface area contributed by atoms with Crippen LogP contribution in [0, 0.1) is 13.8 Å². The van der Waals surface area contributed by atoms with E-state index in [0.29, 0.717) is 11.4 Å². The molecule has 7 heteroatoms. The molecule has 1 aromatic heterocycles. The van der Waals surface area contributed by atoms with E-state index in [1.165, 1.54) is 6.92 Å². The second kappa shape index (κ2) is 9.26. The standard InChI is InChI=1S/C23H26N4O3/c1-15-23(16(2)27(26-15)19-8-6-5-7-9-19)25-22(29)14-21(24-17(3)28)18-10-12-20(30-4)13-11-18/h5-13,21H,14H2,1-4H3,(H,24,28)(H,25,29). The highest BCUT2D eigenvalue weighted by Gasteiger charge is 2.20. The molecule has 0 radical (unpaired) electrons. The molecular formula is C23H26N4O3. The van der Waals surface area contributed by atoms with Crippen LogP contribution in [0.15, 0.2) is 54.6 Å².